The molecule has 0 unspecified atom stereocenters. The number of primary amides is 1. The van der Waals surface area contributed by atoms with Crippen LogP contribution in [-0.2, 0) is 14.3 Å². The van der Waals surface area contributed by atoms with Gasteiger partial charge in [-0.3, -0.25) is 14.4 Å². The normalized spacial score (nSPS) is 15.3. The second kappa shape index (κ2) is 9.88. The van der Waals surface area contributed by atoms with Crippen molar-refractivity contribution >= 4 is 23.4 Å². The number of carbonyl (C=O) groups is 3. The highest BCUT2D eigenvalue weighted by molar-refractivity contribution is 5.94. The summed E-state index contributed by atoms with van der Waals surface area (Å²) in [6.45, 7) is 3.72. The Morgan fingerprint density at radius 2 is 1.85 bits per heavy atom. The van der Waals surface area contributed by atoms with Gasteiger partial charge in [0.2, 0.25) is 17.7 Å². The van der Waals surface area contributed by atoms with Gasteiger partial charge in [0.25, 0.3) is 0 Å². The number of benzene rings is 1. The van der Waals surface area contributed by atoms with E-state index >= 15 is 0 Å². The Morgan fingerprint density at radius 3 is 2.50 bits per heavy atom. The SMILES string of the molecule is COCC(=O)N1CCCN(CCC(=O)Nc2ccc(C(N)=O)cc2)CC1. The van der Waals surface area contributed by atoms with Crippen LogP contribution < -0.4 is 11.1 Å². The Kier molecular flexibility index (Phi) is 7.55. The molecule has 8 nitrogen and oxygen atoms in total. The van der Waals surface area contributed by atoms with Crippen molar-refractivity contribution in [3.05, 3.63) is 29.8 Å². The highest BCUT2D eigenvalue weighted by atomic mass is 16.5. The van der Waals surface area contributed by atoms with Crippen molar-refractivity contribution in [1.82, 2.24) is 9.80 Å². The minimum atomic E-state index is -0.498. The lowest BCUT2D eigenvalue weighted by Gasteiger charge is -2.21. The molecule has 1 aromatic rings. The number of methoxy groups -OCH3 is 1. The molecule has 26 heavy (non-hydrogen) atoms. The summed E-state index contributed by atoms with van der Waals surface area (Å²) in [5, 5.41) is 2.81. The average molecular weight is 362 g/mol. The van der Waals surface area contributed by atoms with Crippen molar-refractivity contribution in [2.45, 2.75) is 12.8 Å². The maximum atomic E-state index is 12.1. The van der Waals surface area contributed by atoms with E-state index in [-0.39, 0.29) is 18.4 Å². The third-order valence-corrected chi connectivity index (χ3v) is 4.32. The molecule has 0 aliphatic carbocycles. The number of nitrogens with zero attached hydrogens (tertiary/aromatic N) is 2. The summed E-state index contributed by atoms with van der Waals surface area (Å²) >= 11 is 0. The summed E-state index contributed by atoms with van der Waals surface area (Å²) in [6, 6.07) is 6.48. The van der Waals surface area contributed by atoms with Crippen molar-refractivity contribution in [2.24, 2.45) is 5.73 Å². The van der Waals surface area contributed by atoms with Gasteiger partial charge in [-0.1, -0.05) is 0 Å². The number of amides is 3. The zero-order valence-electron chi connectivity index (χ0n) is 15.1. The Labute approximate surface area is 153 Å². The molecule has 8 heteroatoms. The molecule has 0 bridgehead atoms. The molecule has 1 saturated heterocycles. The van der Waals surface area contributed by atoms with E-state index in [1.54, 1.807) is 24.3 Å². The molecular formula is C18H26N4O4. The number of rotatable bonds is 7. The van der Waals surface area contributed by atoms with E-state index in [0.29, 0.717) is 30.8 Å². The molecule has 0 spiro atoms. The fourth-order valence-corrected chi connectivity index (χ4v) is 2.86. The van der Waals surface area contributed by atoms with Gasteiger partial charge in [-0.15, -0.1) is 0 Å². The van der Waals surface area contributed by atoms with Crippen molar-refractivity contribution in [2.75, 3.05) is 51.8 Å². The van der Waals surface area contributed by atoms with E-state index in [2.05, 4.69) is 10.2 Å². The standard InChI is InChI=1S/C18H26N4O4/c1-26-13-17(24)22-9-2-8-21(11-12-22)10-7-16(23)20-15-5-3-14(4-6-15)18(19)25/h3-6H,2,7-13H2,1H3,(H2,19,25)(H,20,23). The lowest BCUT2D eigenvalue weighted by atomic mass is 10.2. The first-order chi connectivity index (χ1) is 12.5. The van der Waals surface area contributed by atoms with Gasteiger partial charge in [-0.2, -0.15) is 0 Å². The second-order valence-corrected chi connectivity index (χ2v) is 6.25. The van der Waals surface area contributed by atoms with Crippen LogP contribution >= 0.6 is 0 Å². The summed E-state index contributed by atoms with van der Waals surface area (Å²) < 4.78 is 4.90. The van der Waals surface area contributed by atoms with Crippen LogP contribution in [0.1, 0.15) is 23.2 Å². The Bertz CT molecular complexity index is 633. The number of ether oxygens (including phenoxy) is 1. The van der Waals surface area contributed by atoms with Crippen LogP contribution in [0.5, 0.6) is 0 Å². The van der Waals surface area contributed by atoms with Crippen LogP contribution in [0.25, 0.3) is 0 Å². The fraction of sp³-hybridized carbons (Fsp3) is 0.500. The van der Waals surface area contributed by atoms with Crippen molar-refractivity contribution in [1.29, 1.82) is 0 Å². The van der Waals surface area contributed by atoms with E-state index in [4.69, 9.17) is 10.5 Å². The van der Waals surface area contributed by atoms with Crippen LogP contribution in [0.4, 0.5) is 5.69 Å². The van der Waals surface area contributed by atoms with Crippen LogP contribution in [0, 0.1) is 0 Å². The van der Waals surface area contributed by atoms with Gasteiger partial charge in [0.1, 0.15) is 6.61 Å². The first-order valence-electron chi connectivity index (χ1n) is 8.68. The topological polar surface area (TPSA) is 105 Å². The minimum Gasteiger partial charge on any atom is -0.375 e. The van der Waals surface area contributed by atoms with Gasteiger partial charge < -0.3 is 25.6 Å². The minimum absolute atomic E-state index is 0.00602. The predicted molar refractivity (Wildman–Crippen MR) is 97.7 cm³/mol. The van der Waals surface area contributed by atoms with Gasteiger partial charge in [0, 0.05) is 51.0 Å². The third kappa shape index (κ3) is 6.12. The summed E-state index contributed by atoms with van der Waals surface area (Å²) in [5.41, 5.74) is 6.22. The zero-order chi connectivity index (χ0) is 18.9. The number of nitrogens with two attached hydrogens (primary N) is 1. The lowest BCUT2D eigenvalue weighted by Crippen LogP contribution is -2.37. The Hall–Kier alpha value is -2.45. The third-order valence-electron chi connectivity index (χ3n) is 4.32. The highest BCUT2D eigenvalue weighted by Gasteiger charge is 2.19. The molecule has 0 saturated carbocycles. The molecule has 142 valence electrons. The number of anilines is 1. The van der Waals surface area contributed by atoms with Gasteiger partial charge in [0.05, 0.1) is 0 Å². The molecule has 3 N–H and O–H groups in total. The summed E-state index contributed by atoms with van der Waals surface area (Å²) in [7, 11) is 1.52. The molecule has 2 rings (SSSR count). The highest BCUT2D eigenvalue weighted by Crippen LogP contribution is 2.10. The van der Waals surface area contributed by atoms with E-state index < -0.39 is 5.91 Å². The maximum absolute atomic E-state index is 12.1. The molecule has 1 aliphatic heterocycles. The quantitative estimate of drug-likeness (QED) is 0.726. The van der Waals surface area contributed by atoms with E-state index in [9.17, 15) is 14.4 Å². The molecule has 0 radical (unpaired) electrons. The van der Waals surface area contributed by atoms with Crippen LogP contribution in [0.3, 0.4) is 0 Å². The summed E-state index contributed by atoms with van der Waals surface area (Å²) in [6.07, 6.45) is 1.25. The molecule has 1 heterocycles. The van der Waals surface area contributed by atoms with Crippen LogP contribution in [-0.4, -0.2) is 74.0 Å². The van der Waals surface area contributed by atoms with Crippen molar-refractivity contribution in [3.63, 3.8) is 0 Å². The van der Waals surface area contributed by atoms with Crippen LogP contribution in [0.2, 0.25) is 0 Å². The monoisotopic (exact) mass is 362 g/mol. The Balaban J connectivity index is 1.75. The van der Waals surface area contributed by atoms with Gasteiger partial charge in [-0.25, -0.2) is 0 Å². The fourth-order valence-electron chi connectivity index (χ4n) is 2.86. The first kappa shape index (κ1) is 19.9. The van der Waals surface area contributed by atoms with Crippen molar-refractivity contribution < 1.29 is 19.1 Å². The van der Waals surface area contributed by atoms with Gasteiger partial charge in [-0.05, 0) is 37.2 Å². The zero-order valence-corrected chi connectivity index (χ0v) is 15.1. The molecular weight excluding hydrogens is 336 g/mol. The molecule has 0 aromatic heterocycles. The summed E-state index contributed by atoms with van der Waals surface area (Å²) in [5.74, 6) is -0.582. The first-order valence-corrected chi connectivity index (χ1v) is 8.68. The Morgan fingerprint density at radius 1 is 1.12 bits per heavy atom. The molecule has 1 aliphatic rings. The average Bonchev–Trinajstić information content (AvgIpc) is 2.86. The van der Waals surface area contributed by atoms with Gasteiger partial charge in [0.15, 0.2) is 0 Å². The largest absolute Gasteiger partial charge is 0.375 e. The number of hydrogen-bond donors (Lipinski definition) is 2. The molecule has 3 amide bonds. The smallest absolute Gasteiger partial charge is 0.248 e. The number of hydrogen-bond acceptors (Lipinski definition) is 5. The lowest BCUT2D eigenvalue weighted by molar-refractivity contribution is -0.135. The molecule has 1 fully saturated rings. The molecule has 0 atom stereocenters. The summed E-state index contributed by atoms with van der Waals surface area (Å²) in [4.78, 5) is 39.0. The number of carbonyl (C=O) groups excluding carboxylic acids is 3. The van der Waals surface area contributed by atoms with E-state index in [1.165, 1.54) is 7.11 Å². The molecule has 1 aromatic carbocycles. The van der Waals surface area contributed by atoms with Crippen molar-refractivity contribution in [3.8, 4) is 0 Å². The van der Waals surface area contributed by atoms with E-state index in [1.807, 2.05) is 4.90 Å². The second-order valence-electron chi connectivity index (χ2n) is 6.25. The predicted octanol–water partition coefficient (Wildman–Crippen LogP) is 0.295. The van der Waals surface area contributed by atoms with Crippen LogP contribution in [0.15, 0.2) is 24.3 Å². The van der Waals surface area contributed by atoms with E-state index in [0.717, 1.165) is 26.1 Å². The van der Waals surface area contributed by atoms with Gasteiger partial charge >= 0.3 is 0 Å². The maximum Gasteiger partial charge on any atom is 0.248 e. The number of nitrogens with one attached hydrogen (secondary N) is 1.